The van der Waals surface area contributed by atoms with Crippen LogP contribution in [0, 0.1) is 6.92 Å². The molecule has 1 aliphatic heterocycles. The van der Waals surface area contributed by atoms with Gasteiger partial charge in [0.2, 0.25) is 0 Å². The molecule has 0 aromatic carbocycles. The highest BCUT2D eigenvalue weighted by Gasteiger charge is 2.24. The third-order valence-corrected chi connectivity index (χ3v) is 6.70. The molecule has 3 aromatic rings. The van der Waals surface area contributed by atoms with Crippen molar-refractivity contribution in [2.45, 2.75) is 19.8 Å². The van der Waals surface area contributed by atoms with Crippen LogP contribution in [-0.4, -0.2) is 42.0 Å². The number of aryl methyl sites for hydroxylation is 1. The third-order valence-electron chi connectivity index (χ3n) is 4.60. The number of hydrogen-bond donors (Lipinski definition) is 1. The molecule has 0 spiro atoms. The van der Waals surface area contributed by atoms with Crippen molar-refractivity contribution in [3.8, 4) is 0 Å². The molecule has 0 radical (unpaired) electrons. The summed E-state index contributed by atoms with van der Waals surface area (Å²) in [6.07, 6.45) is 3.86. The molecule has 0 saturated carbocycles. The lowest BCUT2D eigenvalue weighted by Gasteiger charge is -2.17. The summed E-state index contributed by atoms with van der Waals surface area (Å²) < 4.78 is 4.77. The van der Waals surface area contributed by atoms with Gasteiger partial charge in [0.15, 0.2) is 0 Å². The van der Waals surface area contributed by atoms with Crippen molar-refractivity contribution in [1.82, 2.24) is 9.97 Å². The summed E-state index contributed by atoms with van der Waals surface area (Å²) in [6, 6.07) is 1.70. The van der Waals surface area contributed by atoms with Crippen LogP contribution in [-0.2, 0) is 4.74 Å². The fraction of sp³-hybridized carbons (Fsp3) is 0.333. The highest BCUT2D eigenvalue weighted by Crippen LogP contribution is 2.36. The standard InChI is InChI=1S/C18H18N4O3S2/c1-10-12-15(22-6-3-4-7-22)19-9-20-17(12)27-13(10)16(23)21-11-5-8-26-14(11)18(24)25-2/h5,8-9H,3-4,6-7H2,1-2H3,(H,21,23). The third kappa shape index (κ3) is 3.17. The molecular weight excluding hydrogens is 384 g/mol. The van der Waals surface area contributed by atoms with E-state index < -0.39 is 5.97 Å². The molecule has 9 heteroatoms. The highest BCUT2D eigenvalue weighted by atomic mass is 32.1. The van der Waals surface area contributed by atoms with Gasteiger partial charge in [-0.05, 0) is 36.8 Å². The summed E-state index contributed by atoms with van der Waals surface area (Å²) in [7, 11) is 1.32. The summed E-state index contributed by atoms with van der Waals surface area (Å²) in [5.41, 5.74) is 1.32. The molecule has 140 valence electrons. The first-order valence-electron chi connectivity index (χ1n) is 8.56. The molecule has 1 amide bonds. The second kappa shape index (κ2) is 7.24. The maximum Gasteiger partial charge on any atom is 0.350 e. The van der Waals surface area contributed by atoms with E-state index in [-0.39, 0.29) is 5.91 Å². The number of amides is 1. The summed E-state index contributed by atoms with van der Waals surface area (Å²) in [5.74, 6) is 0.179. The predicted molar refractivity (Wildman–Crippen MR) is 107 cm³/mol. The smallest absolute Gasteiger partial charge is 0.350 e. The Morgan fingerprint density at radius 3 is 2.74 bits per heavy atom. The lowest BCUT2D eigenvalue weighted by Crippen LogP contribution is -2.19. The van der Waals surface area contributed by atoms with Crippen molar-refractivity contribution in [2.24, 2.45) is 0 Å². The Balaban J connectivity index is 1.69. The van der Waals surface area contributed by atoms with E-state index in [9.17, 15) is 9.59 Å². The van der Waals surface area contributed by atoms with Gasteiger partial charge in [0.05, 0.1) is 23.1 Å². The van der Waals surface area contributed by atoms with Crippen molar-refractivity contribution in [3.05, 3.63) is 33.1 Å². The van der Waals surface area contributed by atoms with E-state index in [4.69, 9.17) is 4.74 Å². The van der Waals surface area contributed by atoms with Crippen LogP contribution in [0.1, 0.15) is 37.7 Å². The zero-order valence-electron chi connectivity index (χ0n) is 14.9. The van der Waals surface area contributed by atoms with Crippen LogP contribution in [0.15, 0.2) is 17.8 Å². The second-order valence-electron chi connectivity index (χ2n) is 6.24. The number of methoxy groups -OCH3 is 1. The molecule has 4 rings (SSSR count). The largest absolute Gasteiger partial charge is 0.465 e. The number of ether oxygens (including phenoxy) is 1. The van der Waals surface area contributed by atoms with E-state index in [2.05, 4.69) is 20.2 Å². The quantitative estimate of drug-likeness (QED) is 0.670. The van der Waals surface area contributed by atoms with Crippen LogP contribution < -0.4 is 10.2 Å². The Morgan fingerprint density at radius 2 is 2.00 bits per heavy atom. The molecule has 1 N–H and O–H groups in total. The van der Waals surface area contributed by atoms with Gasteiger partial charge in [-0.2, -0.15) is 0 Å². The second-order valence-corrected chi connectivity index (χ2v) is 8.15. The lowest BCUT2D eigenvalue weighted by atomic mass is 10.2. The van der Waals surface area contributed by atoms with Crippen LogP contribution >= 0.6 is 22.7 Å². The Hall–Kier alpha value is -2.52. The number of nitrogens with one attached hydrogen (secondary N) is 1. The predicted octanol–water partition coefficient (Wildman–Crippen LogP) is 3.70. The molecule has 4 heterocycles. The Bertz CT molecular complexity index is 1020. The molecule has 7 nitrogen and oxygen atoms in total. The molecule has 27 heavy (non-hydrogen) atoms. The van der Waals surface area contributed by atoms with Crippen LogP contribution in [0.25, 0.3) is 10.2 Å². The van der Waals surface area contributed by atoms with Crippen LogP contribution in [0.4, 0.5) is 11.5 Å². The van der Waals surface area contributed by atoms with E-state index in [1.165, 1.54) is 29.8 Å². The topological polar surface area (TPSA) is 84.4 Å². The number of carbonyl (C=O) groups is 2. The zero-order chi connectivity index (χ0) is 19.0. The van der Waals surface area contributed by atoms with Crippen LogP contribution in [0.5, 0.6) is 0 Å². The van der Waals surface area contributed by atoms with Crippen LogP contribution in [0.2, 0.25) is 0 Å². The van der Waals surface area contributed by atoms with Gasteiger partial charge in [-0.15, -0.1) is 22.7 Å². The van der Waals surface area contributed by atoms with Gasteiger partial charge < -0.3 is 15.0 Å². The average Bonchev–Trinajstić information content (AvgIpc) is 3.41. The van der Waals surface area contributed by atoms with E-state index in [1.54, 1.807) is 17.8 Å². The Labute approximate surface area is 164 Å². The van der Waals surface area contributed by atoms with Gasteiger partial charge >= 0.3 is 5.97 Å². The maximum absolute atomic E-state index is 12.9. The number of anilines is 2. The number of esters is 1. The molecule has 0 aliphatic carbocycles. The minimum absolute atomic E-state index is 0.258. The summed E-state index contributed by atoms with van der Waals surface area (Å²) in [5, 5.41) is 5.52. The average molecular weight is 403 g/mol. The molecule has 1 fully saturated rings. The minimum atomic E-state index is -0.462. The molecule has 0 unspecified atom stereocenters. The van der Waals surface area contributed by atoms with E-state index in [0.717, 1.165) is 47.5 Å². The normalized spacial score (nSPS) is 13.9. The summed E-state index contributed by atoms with van der Waals surface area (Å²) >= 11 is 2.58. The maximum atomic E-state index is 12.9. The summed E-state index contributed by atoms with van der Waals surface area (Å²) in [6.45, 7) is 3.87. The first-order valence-corrected chi connectivity index (χ1v) is 10.3. The SMILES string of the molecule is COC(=O)c1sccc1NC(=O)c1sc2ncnc(N3CCCC3)c2c1C. The first kappa shape index (κ1) is 17.9. The van der Waals surface area contributed by atoms with Gasteiger partial charge in [0.1, 0.15) is 21.9 Å². The van der Waals surface area contributed by atoms with Crippen molar-refractivity contribution in [3.63, 3.8) is 0 Å². The van der Waals surface area contributed by atoms with E-state index in [1.807, 2.05) is 6.92 Å². The lowest BCUT2D eigenvalue weighted by molar-refractivity contribution is 0.0607. The van der Waals surface area contributed by atoms with Gasteiger partial charge in [0, 0.05) is 13.1 Å². The number of thiophene rings is 2. The summed E-state index contributed by atoms with van der Waals surface area (Å²) in [4.78, 5) is 37.6. The Morgan fingerprint density at radius 1 is 1.22 bits per heavy atom. The fourth-order valence-electron chi connectivity index (χ4n) is 3.28. The number of aromatic nitrogens is 2. The molecule has 1 aliphatic rings. The molecule has 3 aromatic heterocycles. The fourth-order valence-corrected chi connectivity index (χ4v) is 5.08. The zero-order valence-corrected chi connectivity index (χ0v) is 16.6. The van der Waals surface area contributed by atoms with Gasteiger partial charge in [0.25, 0.3) is 5.91 Å². The monoisotopic (exact) mass is 402 g/mol. The molecule has 1 saturated heterocycles. The van der Waals surface area contributed by atoms with Gasteiger partial charge in [-0.1, -0.05) is 0 Å². The number of rotatable bonds is 4. The number of hydrogen-bond acceptors (Lipinski definition) is 8. The van der Waals surface area contributed by atoms with Gasteiger partial charge in [-0.25, -0.2) is 14.8 Å². The minimum Gasteiger partial charge on any atom is -0.465 e. The number of fused-ring (bicyclic) bond motifs is 1. The van der Waals surface area contributed by atoms with Crippen molar-refractivity contribution in [2.75, 3.05) is 30.4 Å². The molecular formula is C18H18N4O3S2. The van der Waals surface area contributed by atoms with Crippen LogP contribution in [0.3, 0.4) is 0 Å². The van der Waals surface area contributed by atoms with Crippen molar-refractivity contribution >= 4 is 56.3 Å². The van der Waals surface area contributed by atoms with Crippen molar-refractivity contribution in [1.29, 1.82) is 0 Å². The number of carbonyl (C=O) groups excluding carboxylic acids is 2. The van der Waals surface area contributed by atoms with E-state index >= 15 is 0 Å². The molecule has 0 bridgehead atoms. The van der Waals surface area contributed by atoms with E-state index in [0.29, 0.717) is 15.4 Å². The Kier molecular flexibility index (Phi) is 4.79. The van der Waals surface area contributed by atoms with Gasteiger partial charge in [-0.3, -0.25) is 4.79 Å². The van der Waals surface area contributed by atoms with Crippen molar-refractivity contribution < 1.29 is 14.3 Å². The highest BCUT2D eigenvalue weighted by molar-refractivity contribution is 7.20. The number of nitrogens with zero attached hydrogens (tertiary/aromatic N) is 3. The molecule has 0 atom stereocenters. The first-order chi connectivity index (χ1) is 13.1.